The van der Waals surface area contributed by atoms with Crippen molar-refractivity contribution in [2.75, 3.05) is 18.9 Å². The number of anilines is 1. The minimum Gasteiger partial charge on any atom is -0.301 e. The lowest BCUT2D eigenvalue weighted by molar-refractivity contribution is -0.116. The van der Waals surface area contributed by atoms with E-state index in [1.54, 1.807) is 31.2 Å². The van der Waals surface area contributed by atoms with E-state index in [1.165, 1.54) is 19.3 Å². The van der Waals surface area contributed by atoms with Crippen LogP contribution in [0.25, 0.3) is 16.8 Å². The van der Waals surface area contributed by atoms with Gasteiger partial charge in [-0.05, 0) is 18.6 Å². The number of carbonyl (C=O) groups excluding carboxylic acids is 1. The van der Waals surface area contributed by atoms with E-state index in [0.29, 0.717) is 20.7 Å². The number of hydrogen-bond donors (Lipinski definition) is 1. The Morgan fingerprint density at radius 2 is 2.03 bits per heavy atom. The van der Waals surface area contributed by atoms with Crippen molar-refractivity contribution in [3.8, 4) is 10.7 Å². The standard InChI is InChI=1S/C19H19F2N5O3S2/c1-13-16(17-22-9-10-26(17)18(20)21)30-19(23-13)24-15(27)12-25(2)31(28,29)11-8-14-6-4-3-5-7-14/h3-11,18H,12H2,1-2H3,(H,23,24,27). The van der Waals surface area contributed by atoms with Crippen molar-refractivity contribution in [1.29, 1.82) is 0 Å². The lowest BCUT2D eigenvalue weighted by Gasteiger charge is -2.13. The maximum absolute atomic E-state index is 13.1. The summed E-state index contributed by atoms with van der Waals surface area (Å²) in [7, 11) is -2.54. The number of alkyl halides is 2. The average molecular weight is 468 g/mol. The number of carbonyl (C=O) groups is 1. The third kappa shape index (κ3) is 5.60. The molecule has 0 saturated heterocycles. The van der Waals surface area contributed by atoms with Gasteiger partial charge in [0, 0.05) is 24.8 Å². The number of nitrogens with zero attached hydrogens (tertiary/aromatic N) is 4. The first-order valence-electron chi connectivity index (χ1n) is 8.95. The number of nitrogens with one attached hydrogen (secondary N) is 1. The van der Waals surface area contributed by atoms with Crippen LogP contribution in [-0.2, 0) is 14.8 Å². The summed E-state index contributed by atoms with van der Waals surface area (Å²) in [5, 5.41) is 3.68. The molecule has 0 saturated carbocycles. The highest BCUT2D eigenvalue weighted by molar-refractivity contribution is 7.92. The molecule has 0 radical (unpaired) electrons. The molecular formula is C19H19F2N5O3S2. The van der Waals surface area contributed by atoms with Gasteiger partial charge in [-0.1, -0.05) is 41.7 Å². The molecule has 0 atom stereocenters. The molecular weight excluding hydrogens is 448 g/mol. The predicted octanol–water partition coefficient (Wildman–Crippen LogP) is 3.58. The molecule has 0 fully saturated rings. The Hall–Kier alpha value is -2.96. The number of aromatic nitrogens is 3. The first kappa shape index (κ1) is 22.7. The number of thiazole rings is 1. The quantitative estimate of drug-likeness (QED) is 0.546. The maximum Gasteiger partial charge on any atom is 0.320 e. The van der Waals surface area contributed by atoms with Gasteiger partial charge in [0.1, 0.15) is 0 Å². The monoisotopic (exact) mass is 467 g/mol. The fourth-order valence-electron chi connectivity index (χ4n) is 2.59. The smallest absolute Gasteiger partial charge is 0.301 e. The van der Waals surface area contributed by atoms with Crippen LogP contribution < -0.4 is 5.32 Å². The van der Waals surface area contributed by atoms with Crippen molar-refractivity contribution in [1.82, 2.24) is 18.8 Å². The zero-order chi connectivity index (χ0) is 22.6. The molecule has 1 amide bonds. The van der Waals surface area contributed by atoms with Gasteiger partial charge in [0.05, 0.1) is 17.1 Å². The Labute approximate surface area is 181 Å². The fraction of sp³-hybridized carbons (Fsp3) is 0.211. The number of amides is 1. The average Bonchev–Trinajstić information content (AvgIpc) is 3.33. The van der Waals surface area contributed by atoms with Crippen LogP contribution in [0.3, 0.4) is 0 Å². The van der Waals surface area contributed by atoms with Gasteiger partial charge in [-0.2, -0.15) is 13.1 Å². The van der Waals surface area contributed by atoms with Crippen molar-refractivity contribution >= 4 is 38.5 Å². The van der Waals surface area contributed by atoms with Crippen molar-refractivity contribution in [2.45, 2.75) is 13.5 Å². The topological polar surface area (TPSA) is 97.2 Å². The number of imidazole rings is 1. The Kier molecular flexibility index (Phi) is 6.93. The van der Waals surface area contributed by atoms with Crippen molar-refractivity contribution in [2.24, 2.45) is 0 Å². The van der Waals surface area contributed by atoms with Crippen LogP contribution in [0.4, 0.5) is 13.9 Å². The highest BCUT2D eigenvalue weighted by atomic mass is 32.2. The van der Waals surface area contributed by atoms with E-state index in [-0.39, 0.29) is 11.0 Å². The second kappa shape index (κ2) is 9.45. The minimum absolute atomic E-state index is 0.0382. The Morgan fingerprint density at radius 3 is 2.71 bits per heavy atom. The van der Waals surface area contributed by atoms with Gasteiger partial charge in [-0.15, -0.1) is 0 Å². The minimum atomic E-state index is -3.82. The van der Waals surface area contributed by atoms with Crippen molar-refractivity contribution in [3.05, 3.63) is 59.4 Å². The molecule has 1 aromatic carbocycles. The third-order valence-corrected chi connectivity index (χ3v) is 6.70. The zero-order valence-corrected chi connectivity index (χ0v) is 18.2. The third-order valence-electron chi connectivity index (χ3n) is 4.16. The van der Waals surface area contributed by atoms with Gasteiger partial charge < -0.3 is 5.32 Å². The molecule has 0 spiro atoms. The number of halogens is 2. The summed E-state index contributed by atoms with van der Waals surface area (Å²) in [6.45, 7) is -1.60. The summed E-state index contributed by atoms with van der Waals surface area (Å²) in [6.07, 6.45) is 3.84. The number of likely N-dealkylation sites (N-methyl/N-ethyl adjacent to an activating group) is 1. The summed E-state index contributed by atoms with van der Waals surface area (Å²) >= 11 is 0.978. The van der Waals surface area contributed by atoms with E-state index < -0.39 is 29.0 Å². The van der Waals surface area contributed by atoms with Gasteiger partial charge in [-0.3, -0.25) is 9.36 Å². The predicted molar refractivity (Wildman–Crippen MR) is 115 cm³/mol. The van der Waals surface area contributed by atoms with Crippen LogP contribution in [0.5, 0.6) is 0 Å². The van der Waals surface area contributed by atoms with Gasteiger partial charge in [0.2, 0.25) is 15.9 Å². The van der Waals surface area contributed by atoms with Crippen LogP contribution in [0, 0.1) is 6.92 Å². The van der Waals surface area contributed by atoms with Crippen LogP contribution in [0.15, 0.2) is 48.1 Å². The van der Waals surface area contributed by atoms with Gasteiger partial charge >= 0.3 is 6.55 Å². The molecule has 31 heavy (non-hydrogen) atoms. The maximum atomic E-state index is 13.1. The second-order valence-corrected chi connectivity index (χ2v) is 9.36. The number of benzene rings is 1. The van der Waals surface area contributed by atoms with E-state index >= 15 is 0 Å². The van der Waals surface area contributed by atoms with Crippen molar-refractivity contribution < 1.29 is 22.0 Å². The number of rotatable bonds is 8. The van der Waals surface area contributed by atoms with Gasteiger partial charge in [0.25, 0.3) is 0 Å². The zero-order valence-electron chi connectivity index (χ0n) is 16.6. The van der Waals surface area contributed by atoms with E-state index in [1.807, 2.05) is 6.07 Å². The van der Waals surface area contributed by atoms with Crippen LogP contribution in [0.1, 0.15) is 17.8 Å². The summed E-state index contributed by atoms with van der Waals surface area (Å²) < 4.78 is 52.5. The lowest BCUT2D eigenvalue weighted by Crippen LogP contribution is -2.33. The van der Waals surface area contributed by atoms with Crippen LogP contribution in [-0.4, -0.2) is 46.8 Å². The van der Waals surface area contributed by atoms with Crippen molar-refractivity contribution in [3.63, 3.8) is 0 Å². The Balaban J connectivity index is 1.67. The molecule has 2 aromatic heterocycles. The molecule has 3 rings (SSSR count). The molecule has 0 unspecified atom stereocenters. The van der Waals surface area contributed by atoms with Crippen LogP contribution in [0.2, 0.25) is 0 Å². The number of aryl methyl sites for hydroxylation is 1. The summed E-state index contributed by atoms with van der Waals surface area (Å²) in [6, 6.07) is 8.87. The first-order valence-corrected chi connectivity index (χ1v) is 11.3. The molecule has 12 heteroatoms. The number of sulfonamides is 1. The highest BCUT2D eigenvalue weighted by Crippen LogP contribution is 2.33. The van der Waals surface area contributed by atoms with Crippen LogP contribution >= 0.6 is 11.3 Å². The highest BCUT2D eigenvalue weighted by Gasteiger charge is 2.21. The molecule has 164 valence electrons. The van der Waals surface area contributed by atoms with E-state index in [0.717, 1.165) is 27.2 Å². The van der Waals surface area contributed by atoms with Gasteiger partial charge in [-0.25, -0.2) is 18.4 Å². The fourth-order valence-corrected chi connectivity index (χ4v) is 4.40. The molecule has 3 aromatic rings. The Morgan fingerprint density at radius 1 is 1.32 bits per heavy atom. The first-order chi connectivity index (χ1) is 14.7. The normalized spacial score (nSPS) is 12.2. The SMILES string of the molecule is Cc1nc(NC(=O)CN(C)S(=O)(=O)C=Cc2ccccc2)sc1-c1nccn1C(F)F. The molecule has 0 aliphatic rings. The molecule has 0 aliphatic carbocycles. The molecule has 2 heterocycles. The lowest BCUT2D eigenvalue weighted by atomic mass is 10.2. The molecule has 1 N–H and O–H groups in total. The van der Waals surface area contributed by atoms with E-state index in [2.05, 4.69) is 15.3 Å². The van der Waals surface area contributed by atoms with E-state index in [4.69, 9.17) is 0 Å². The Bertz CT molecular complexity index is 1190. The summed E-state index contributed by atoms with van der Waals surface area (Å²) in [5.41, 5.74) is 1.12. The molecule has 0 bridgehead atoms. The largest absolute Gasteiger partial charge is 0.320 e. The summed E-state index contributed by atoms with van der Waals surface area (Å²) in [4.78, 5) is 20.8. The molecule has 8 nitrogen and oxygen atoms in total. The second-order valence-electron chi connectivity index (χ2n) is 6.43. The molecule has 0 aliphatic heterocycles. The van der Waals surface area contributed by atoms with Gasteiger partial charge in [0.15, 0.2) is 11.0 Å². The van der Waals surface area contributed by atoms with E-state index in [9.17, 15) is 22.0 Å². The summed E-state index contributed by atoms with van der Waals surface area (Å²) in [5.74, 6) is -0.576. The number of hydrogen-bond acceptors (Lipinski definition) is 6.